The van der Waals surface area contributed by atoms with Crippen molar-refractivity contribution < 1.29 is 33.3 Å². The number of methoxy groups -OCH3 is 1. The second-order valence-electron chi connectivity index (χ2n) is 5.22. The van der Waals surface area contributed by atoms with Gasteiger partial charge in [-0.2, -0.15) is 0 Å². The lowest BCUT2D eigenvalue weighted by Gasteiger charge is -2.16. The van der Waals surface area contributed by atoms with E-state index >= 15 is 0 Å². The summed E-state index contributed by atoms with van der Waals surface area (Å²) in [6.45, 7) is 6.76. The second kappa shape index (κ2) is 12.1. The molecule has 0 spiro atoms. The number of carbonyl (C=O) groups is 3. The van der Waals surface area contributed by atoms with Crippen LogP contribution < -0.4 is 10.1 Å². The van der Waals surface area contributed by atoms with Gasteiger partial charge in [0, 0.05) is 0 Å². The fourth-order valence-corrected chi connectivity index (χ4v) is 1.86. The van der Waals surface area contributed by atoms with Crippen molar-refractivity contribution in [1.29, 1.82) is 0 Å². The Kier molecular flexibility index (Phi) is 9.77. The van der Waals surface area contributed by atoms with E-state index in [2.05, 4.69) is 18.5 Å². The van der Waals surface area contributed by atoms with Crippen molar-refractivity contribution in [2.75, 3.05) is 20.3 Å². The van der Waals surface area contributed by atoms with E-state index in [4.69, 9.17) is 18.9 Å². The number of amides is 1. The number of hydrogen-bond acceptors (Lipinski definition) is 7. The Morgan fingerprint density at radius 2 is 1.67 bits per heavy atom. The molecule has 1 rings (SSSR count). The molecule has 27 heavy (non-hydrogen) atoms. The van der Waals surface area contributed by atoms with Crippen LogP contribution in [0.2, 0.25) is 0 Å². The number of benzene rings is 1. The van der Waals surface area contributed by atoms with E-state index in [9.17, 15) is 14.4 Å². The van der Waals surface area contributed by atoms with Crippen LogP contribution in [0.1, 0.15) is 12.0 Å². The van der Waals surface area contributed by atoms with Crippen molar-refractivity contribution in [3.05, 3.63) is 55.1 Å². The van der Waals surface area contributed by atoms with Gasteiger partial charge >= 0.3 is 18.0 Å². The number of carbonyl (C=O) groups excluding carboxylic acids is 3. The molecule has 1 aromatic carbocycles. The SMILES string of the molecule is C=CCOC(=O)N[C@@H](CC(=O)OCc1ccc(OC)cc1)C(=O)OCC=C. The molecule has 1 atom stereocenters. The molecule has 0 aliphatic heterocycles. The van der Waals surface area contributed by atoms with Crippen molar-refractivity contribution in [1.82, 2.24) is 5.32 Å². The summed E-state index contributed by atoms with van der Waals surface area (Å²) in [6.07, 6.45) is 1.45. The maximum absolute atomic E-state index is 12.0. The maximum atomic E-state index is 12.0. The molecule has 0 radical (unpaired) electrons. The van der Waals surface area contributed by atoms with Gasteiger partial charge in [0.05, 0.1) is 13.5 Å². The van der Waals surface area contributed by atoms with E-state index in [0.29, 0.717) is 5.75 Å². The molecule has 8 nitrogen and oxygen atoms in total. The third-order valence-corrected chi connectivity index (χ3v) is 3.18. The number of esters is 2. The van der Waals surface area contributed by atoms with Gasteiger partial charge in [-0.3, -0.25) is 4.79 Å². The summed E-state index contributed by atoms with van der Waals surface area (Å²) in [5.74, 6) is -0.806. The molecule has 146 valence electrons. The molecule has 0 bridgehead atoms. The van der Waals surface area contributed by atoms with Crippen LogP contribution in [-0.2, 0) is 30.4 Å². The van der Waals surface area contributed by atoms with Gasteiger partial charge in [0.1, 0.15) is 31.6 Å². The molecule has 1 N–H and O–H groups in total. The molecule has 0 fully saturated rings. The lowest BCUT2D eigenvalue weighted by Crippen LogP contribution is -2.43. The molecule has 0 saturated heterocycles. The summed E-state index contributed by atoms with van der Waals surface area (Å²) in [4.78, 5) is 35.7. The molecule has 1 aromatic rings. The molecule has 0 aromatic heterocycles. The van der Waals surface area contributed by atoms with E-state index < -0.39 is 30.5 Å². The summed E-state index contributed by atoms with van der Waals surface area (Å²) < 4.78 is 19.8. The zero-order valence-electron chi connectivity index (χ0n) is 15.1. The van der Waals surface area contributed by atoms with E-state index in [1.54, 1.807) is 31.4 Å². The summed E-state index contributed by atoms with van der Waals surface area (Å²) in [5.41, 5.74) is 0.744. The predicted molar refractivity (Wildman–Crippen MR) is 97.0 cm³/mol. The summed E-state index contributed by atoms with van der Waals surface area (Å²) in [5, 5.41) is 2.27. The van der Waals surface area contributed by atoms with Crippen LogP contribution in [0.5, 0.6) is 5.75 Å². The topological polar surface area (TPSA) is 100 Å². The van der Waals surface area contributed by atoms with E-state index in [1.807, 2.05) is 0 Å². The Hall–Kier alpha value is -3.29. The molecule has 0 unspecified atom stereocenters. The van der Waals surface area contributed by atoms with Crippen molar-refractivity contribution in [2.24, 2.45) is 0 Å². The Balaban J connectivity index is 2.61. The summed E-state index contributed by atoms with van der Waals surface area (Å²) >= 11 is 0. The highest BCUT2D eigenvalue weighted by molar-refractivity contribution is 5.86. The highest BCUT2D eigenvalue weighted by atomic mass is 16.6. The van der Waals surface area contributed by atoms with E-state index in [0.717, 1.165) is 5.56 Å². The van der Waals surface area contributed by atoms with Crippen LogP contribution in [0.3, 0.4) is 0 Å². The minimum Gasteiger partial charge on any atom is -0.497 e. The third-order valence-electron chi connectivity index (χ3n) is 3.18. The van der Waals surface area contributed by atoms with Gasteiger partial charge in [-0.05, 0) is 17.7 Å². The monoisotopic (exact) mass is 377 g/mol. The van der Waals surface area contributed by atoms with Crippen molar-refractivity contribution in [3.63, 3.8) is 0 Å². The first-order valence-electron chi connectivity index (χ1n) is 8.10. The first-order chi connectivity index (χ1) is 13.0. The fraction of sp³-hybridized carbons (Fsp3) is 0.316. The zero-order valence-corrected chi connectivity index (χ0v) is 15.1. The van der Waals surface area contributed by atoms with Gasteiger partial charge in [-0.15, -0.1) is 0 Å². The smallest absolute Gasteiger partial charge is 0.408 e. The van der Waals surface area contributed by atoms with Gasteiger partial charge in [-0.25, -0.2) is 9.59 Å². The first kappa shape index (κ1) is 21.8. The molecule has 0 saturated carbocycles. The van der Waals surface area contributed by atoms with E-state index in [1.165, 1.54) is 12.2 Å². The average molecular weight is 377 g/mol. The molecule has 1 amide bonds. The average Bonchev–Trinajstić information content (AvgIpc) is 2.68. The molecular formula is C19H23NO7. The molecule has 0 heterocycles. The molecule has 0 aliphatic carbocycles. The summed E-state index contributed by atoms with van der Waals surface area (Å²) in [6, 6.07) is 5.70. The number of alkyl carbamates (subject to hydrolysis) is 1. The van der Waals surface area contributed by atoms with Crippen molar-refractivity contribution >= 4 is 18.0 Å². The Bertz CT molecular complexity index is 655. The number of rotatable bonds is 11. The highest BCUT2D eigenvalue weighted by Crippen LogP contribution is 2.12. The first-order valence-corrected chi connectivity index (χ1v) is 8.10. The maximum Gasteiger partial charge on any atom is 0.408 e. The van der Waals surface area contributed by atoms with Crippen molar-refractivity contribution in [2.45, 2.75) is 19.1 Å². The number of ether oxygens (including phenoxy) is 4. The molecule has 8 heteroatoms. The Labute approximate surface area is 157 Å². The van der Waals surface area contributed by atoms with Crippen LogP contribution >= 0.6 is 0 Å². The molecular weight excluding hydrogens is 354 g/mol. The zero-order chi connectivity index (χ0) is 20.1. The normalized spacial score (nSPS) is 10.9. The molecule has 0 aliphatic rings. The van der Waals surface area contributed by atoms with Crippen LogP contribution in [-0.4, -0.2) is 44.4 Å². The van der Waals surface area contributed by atoms with Crippen molar-refractivity contribution in [3.8, 4) is 5.75 Å². The van der Waals surface area contributed by atoms with Gasteiger partial charge in [0.2, 0.25) is 0 Å². The van der Waals surface area contributed by atoms with Crippen LogP contribution in [0, 0.1) is 0 Å². The third kappa shape index (κ3) is 8.57. The quantitative estimate of drug-likeness (QED) is 0.358. The van der Waals surface area contributed by atoms with Gasteiger partial charge in [-0.1, -0.05) is 37.4 Å². The standard InChI is InChI=1S/C19H23NO7/c1-4-10-25-18(22)16(20-19(23)26-11-5-2)12-17(21)27-13-14-6-8-15(24-3)9-7-14/h4-9,16H,1-2,10-13H2,3H3,(H,20,23)/t16-/m0/s1. The number of hydrogen-bond donors (Lipinski definition) is 1. The second-order valence-corrected chi connectivity index (χ2v) is 5.22. The van der Waals surface area contributed by atoms with Crippen LogP contribution in [0.25, 0.3) is 0 Å². The van der Waals surface area contributed by atoms with E-state index in [-0.39, 0.29) is 19.8 Å². The predicted octanol–water partition coefficient (Wildman–Crippen LogP) is 2.14. The highest BCUT2D eigenvalue weighted by Gasteiger charge is 2.26. The lowest BCUT2D eigenvalue weighted by molar-refractivity contribution is -0.152. The minimum atomic E-state index is -1.24. The van der Waals surface area contributed by atoms with Gasteiger partial charge in [0.25, 0.3) is 0 Å². The van der Waals surface area contributed by atoms with Crippen LogP contribution in [0.4, 0.5) is 4.79 Å². The Morgan fingerprint density at radius 1 is 1.04 bits per heavy atom. The Morgan fingerprint density at radius 3 is 2.26 bits per heavy atom. The van der Waals surface area contributed by atoms with Gasteiger partial charge < -0.3 is 24.3 Å². The fourth-order valence-electron chi connectivity index (χ4n) is 1.86. The van der Waals surface area contributed by atoms with Crippen LogP contribution in [0.15, 0.2) is 49.6 Å². The number of nitrogens with one attached hydrogen (secondary N) is 1. The summed E-state index contributed by atoms with van der Waals surface area (Å²) in [7, 11) is 1.55. The minimum absolute atomic E-state index is 0.0121. The lowest BCUT2D eigenvalue weighted by atomic mass is 10.2. The van der Waals surface area contributed by atoms with Gasteiger partial charge in [0.15, 0.2) is 0 Å². The largest absolute Gasteiger partial charge is 0.497 e.